The van der Waals surface area contributed by atoms with Crippen molar-refractivity contribution in [3.63, 3.8) is 0 Å². The van der Waals surface area contributed by atoms with Crippen molar-refractivity contribution in [3.05, 3.63) is 29.8 Å². The van der Waals surface area contributed by atoms with Crippen LogP contribution in [0.4, 0.5) is 0 Å². The lowest BCUT2D eigenvalue weighted by atomic mass is 10.0. The van der Waals surface area contributed by atoms with Crippen LogP contribution in [0.5, 0.6) is 5.75 Å². The fourth-order valence-corrected chi connectivity index (χ4v) is 2.14. The van der Waals surface area contributed by atoms with Gasteiger partial charge in [0.25, 0.3) is 0 Å². The molecule has 1 aromatic rings. The van der Waals surface area contributed by atoms with Gasteiger partial charge in [-0.25, -0.2) is 4.79 Å². The molecule has 112 valence electrons. The number of unbranched alkanes of at least 4 members (excludes halogenated alkanes) is 4. The SMILES string of the molecule is CC(C)CCCCCCCOc1ccccc1C(=O)O. The van der Waals surface area contributed by atoms with E-state index >= 15 is 0 Å². The molecule has 0 spiro atoms. The maximum Gasteiger partial charge on any atom is 0.339 e. The second kappa shape index (κ2) is 9.40. The summed E-state index contributed by atoms with van der Waals surface area (Å²) in [7, 11) is 0. The molecule has 0 radical (unpaired) electrons. The third-order valence-corrected chi connectivity index (χ3v) is 3.30. The molecule has 0 saturated carbocycles. The Bertz CT molecular complexity index is 399. The Balaban J connectivity index is 2.14. The van der Waals surface area contributed by atoms with Crippen molar-refractivity contribution in [1.29, 1.82) is 0 Å². The monoisotopic (exact) mass is 278 g/mol. The fraction of sp³-hybridized carbons (Fsp3) is 0.588. The molecule has 0 atom stereocenters. The van der Waals surface area contributed by atoms with Gasteiger partial charge in [-0.2, -0.15) is 0 Å². The second-order valence-corrected chi connectivity index (χ2v) is 5.60. The minimum atomic E-state index is -0.936. The van der Waals surface area contributed by atoms with E-state index in [1.807, 2.05) is 0 Å². The number of aromatic carboxylic acids is 1. The molecule has 3 nitrogen and oxygen atoms in total. The van der Waals surface area contributed by atoms with Crippen LogP contribution in [0.25, 0.3) is 0 Å². The number of carboxylic acids is 1. The van der Waals surface area contributed by atoms with Crippen molar-refractivity contribution in [2.24, 2.45) is 5.92 Å². The summed E-state index contributed by atoms with van der Waals surface area (Å²) in [6, 6.07) is 6.80. The minimum Gasteiger partial charge on any atom is -0.493 e. The molecular weight excluding hydrogens is 252 g/mol. The molecule has 0 aliphatic rings. The summed E-state index contributed by atoms with van der Waals surface area (Å²) in [6.45, 7) is 5.11. The first-order chi connectivity index (χ1) is 9.61. The van der Waals surface area contributed by atoms with Crippen LogP contribution in [0.15, 0.2) is 24.3 Å². The molecule has 0 aliphatic carbocycles. The van der Waals surface area contributed by atoms with Gasteiger partial charge in [0.15, 0.2) is 0 Å². The summed E-state index contributed by atoms with van der Waals surface area (Å²) in [5.41, 5.74) is 0.240. The van der Waals surface area contributed by atoms with Gasteiger partial charge in [0, 0.05) is 0 Å². The van der Waals surface area contributed by atoms with Gasteiger partial charge in [0.1, 0.15) is 11.3 Å². The average Bonchev–Trinajstić information content (AvgIpc) is 2.41. The van der Waals surface area contributed by atoms with E-state index in [0.29, 0.717) is 12.4 Å². The van der Waals surface area contributed by atoms with Gasteiger partial charge in [0.05, 0.1) is 6.61 Å². The third-order valence-electron chi connectivity index (χ3n) is 3.30. The number of rotatable bonds is 10. The molecule has 0 unspecified atom stereocenters. The lowest BCUT2D eigenvalue weighted by Gasteiger charge is -2.09. The number of hydrogen-bond acceptors (Lipinski definition) is 2. The summed E-state index contributed by atoms with van der Waals surface area (Å²) < 4.78 is 5.56. The van der Waals surface area contributed by atoms with Crippen LogP contribution in [0.3, 0.4) is 0 Å². The molecule has 0 aromatic heterocycles. The Morgan fingerprint density at radius 1 is 1.10 bits per heavy atom. The summed E-state index contributed by atoms with van der Waals surface area (Å²) >= 11 is 0. The van der Waals surface area contributed by atoms with Crippen molar-refractivity contribution < 1.29 is 14.6 Å². The van der Waals surface area contributed by atoms with Crippen LogP contribution < -0.4 is 4.74 Å². The summed E-state index contributed by atoms with van der Waals surface area (Å²) in [6.07, 6.45) is 7.26. The zero-order valence-corrected chi connectivity index (χ0v) is 12.6. The Kier molecular flexibility index (Phi) is 7.78. The molecule has 1 aromatic carbocycles. The van der Waals surface area contributed by atoms with Crippen molar-refractivity contribution in [2.45, 2.75) is 52.4 Å². The second-order valence-electron chi connectivity index (χ2n) is 5.60. The van der Waals surface area contributed by atoms with Gasteiger partial charge in [-0.3, -0.25) is 0 Å². The zero-order valence-electron chi connectivity index (χ0n) is 12.6. The molecule has 0 fully saturated rings. The first-order valence-corrected chi connectivity index (χ1v) is 7.56. The largest absolute Gasteiger partial charge is 0.493 e. The van der Waals surface area contributed by atoms with Crippen molar-refractivity contribution in [3.8, 4) is 5.75 Å². The molecule has 0 bridgehead atoms. The van der Waals surface area contributed by atoms with Gasteiger partial charge in [-0.05, 0) is 24.5 Å². The smallest absolute Gasteiger partial charge is 0.339 e. The number of ether oxygens (including phenoxy) is 1. The van der Waals surface area contributed by atoms with Crippen molar-refractivity contribution >= 4 is 5.97 Å². The van der Waals surface area contributed by atoms with Crippen LogP contribution in [0, 0.1) is 5.92 Å². The highest BCUT2D eigenvalue weighted by molar-refractivity contribution is 5.90. The molecule has 0 saturated heterocycles. The first kappa shape index (κ1) is 16.5. The molecule has 3 heteroatoms. The highest BCUT2D eigenvalue weighted by Gasteiger charge is 2.09. The van der Waals surface area contributed by atoms with Crippen molar-refractivity contribution in [2.75, 3.05) is 6.61 Å². The molecule has 0 aliphatic heterocycles. The van der Waals surface area contributed by atoms with Gasteiger partial charge in [-0.15, -0.1) is 0 Å². The highest BCUT2D eigenvalue weighted by atomic mass is 16.5. The standard InChI is InChI=1S/C17H26O3/c1-14(2)10-6-4-3-5-9-13-20-16-12-8-7-11-15(16)17(18)19/h7-8,11-12,14H,3-6,9-10,13H2,1-2H3,(H,18,19). The number of benzene rings is 1. The van der Waals surface area contributed by atoms with E-state index in [1.165, 1.54) is 25.7 Å². The van der Waals surface area contributed by atoms with E-state index < -0.39 is 5.97 Å². The van der Waals surface area contributed by atoms with Gasteiger partial charge < -0.3 is 9.84 Å². The predicted octanol–water partition coefficient (Wildman–Crippen LogP) is 4.76. The molecule has 20 heavy (non-hydrogen) atoms. The van der Waals surface area contributed by atoms with Gasteiger partial charge in [-0.1, -0.05) is 58.1 Å². The average molecular weight is 278 g/mol. The maximum absolute atomic E-state index is 11.0. The zero-order chi connectivity index (χ0) is 14.8. The van der Waals surface area contributed by atoms with E-state index in [4.69, 9.17) is 9.84 Å². The quantitative estimate of drug-likeness (QED) is 0.628. The van der Waals surface area contributed by atoms with Gasteiger partial charge >= 0.3 is 5.97 Å². The van der Waals surface area contributed by atoms with Crippen LogP contribution in [-0.4, -0.2) is 17.7 Å². The third kappa shape index (κ3) is 6.60. The predicted molar refractivity (Wildman–Crippen MR) is 81.4 cm³/mol. The highest BCUT2D eigenvalue weighted by Crippen LogP contribution is 2.18. The van der Waals surface area contributed by atoms with E-state index in [1.54, 1.807) is 24.3 Å². The molecule has 1 rings (SSSR count). The van der Waals surface area contributed by atoms with E-state index in [9.17, 15) is 4.79 Å². The van der Waals surface area contributed by atoms with E-state index in [0.717, 1.165) is 18.8 Å². The maximum atomic E-state index is 11.0. The Hall–Kier alpha value is -1.51. The van der Waals surface area contributed by atoms with Crippen LogP contribution in [0.2, 0.25) is 0 Å². The Morgan fingerprint density at radius 2 is 1.75 bits per heavy atom. The van der Waals surface area contributed by atoms with Crippen molar-refractivity contribution in [1.82, 2.24) is 0 Å². The van der Waals surface area contributed by atoms with Gasteiger partial charge in [0.2, 0.25) is 0 Å². The van der Waals surface area contributed by atoms with Crippen LogP contribution in [0.1, 0.15) is 62.7 Å². The summed E-state index contributed by atoms with van der Waals surface area (Å²) in [5, 5.41) is 9.03. The minimum absolute atomic E-state index is 0.240. The number of carboxylic acid groups (broad SMARTS) is 1. The Morgan fingerprint density at radius 3 is 2.45 bits per heavy atom. The fourth-order valence-electron chi connectivity index (χ4n) is 2.14. The molecule has 1 N–H and O–H groups in total. The van der Waals surface area contributed by atoms with Crippen LogP contribution >= 0.6 is 0 Å². The summed E-state index contributed by atoms with van der Waals surface area (Å²) in [5.74, 6) is 0.333. The first-order valence-electron chi connectivity index (χ1n) is 7.56. The number of carbonyl (C=O) groups is 1. The van der Waals surface area contributed by atoms with E-state index in [-0.39, 0.29) is 5.56 Å². The molecule has 0 heterocycles. The Labute approximate surface area is 122 Å². The summed E-state index contributed by atoms with van der Waals surface area (Å²) in [4.78, 5) is 11.0. The molecule has 0 amide bonds. The topological polar surface area (TPSA) is 46.5 Å². The lowest BCUT2D eigenvalue weighted by molar-refractivity contribution is 0.0692. The normalized spacial score (nSPS) is 10.8. The molecular formula is C17H26O3. The van der Waals surface area contributed by atoms with Crippen LogP contribution in [-0.2, 0) is 0 Å². The lowest BCUT2D eigenvalue weighted by Crippen LogP contribution is -2.04. The number of para-hydroxylation sites is 1. The van der Waals surface area contributed by atoms with E-state index in [2.05, 4.69) is 13.8 Å². The number of hydrogen-bond donors (Lipinski definition) is 1.